The Hall–Kier alpha value is -2.17. The molecule has 1 aliphatic heterocycles. The number of rotatable bonds is 4. The molecular formula is C15H17N5O3S2. The molecule has 132 valence electrons. The van der Waals surface area contributed by atoms with Gasteiger partial charge in [0, 0.05) is 26.2 Å². The highest BCUT2D eigenvalue weighted by Gasteiger charge is 2.30. The lowest BCUT2D eigenvalue weighted by atomic mass is 10.3. The molecule has 0 unspecified atom stereocenters. The molecule has 1 N–H and O–H groups in total. The fraction of sp³-hybridized carbons (Fsp3) is 0.333. The lowest BCUT2D eigenvalue weighted by Crippen LogP contribution is -2.48. The van der Waals surface area contributed by atoms with Gasteiger partial charge in [-0.3, -0.25) is 5.10 Å². The molecule has 25 heavy (non-hydrogen) atoms. The summed E-state index contributed by atoms with van der Waals surface area (Å²) in [6, 6.07) is 7.27. The number of thiazole rings is 1. The average Bonchev–Trinajstić information content (AvgIpc) is 3.31. The van der Waals surface area contributed by atoms with E-state index in [1.807, 2.05) is 18.2 Å². The molecule has 1 aromatic carbocycles. The van der Waals surface area contributed by atoms with Crippen LogP contribution in [-0.4, -0.2) is 61.2 Å². The second-order valence-corrected chi connectivity index (χ2v) is 8.56. The number of H-pyrrole nitrogens is 1. The number of hydrogen-bond donors (Lipinski definition) is 1. The van der Waals surface area contributed by atoms with Crippen LogP contribution in [0.1, 0.15) is 0 Å². The van der Waals surface area contributed by atoms with Crippen molar-refractivity contribution in [1.29, 1.82) is 0 Å². The van der Waals surface area contributed by atoms with Crippen molar-refractivity contribution < 1.29 is 13.2 Å². The summed E-state index contributed by atoms with van der Waals surface area (Å²) in [6.07, 6.45) is 1.44. The topological polar surface area (TPSA) is 91.4 Å². The third-order valence-corrected chi connectivity index (χ3v) is 7.09. The molecule has 4 rings (SSSR count). The molecule has 0 atom stereocenters. The van der Waals surface area contributed by atoms with Crippen LogP contribution >= 0.6 is 11.3 Å². The Bertz CT molecular complexity index is 976. The first kappa shape index (κ1) is 16.3. The van der Waals surface area contributed by atoms with Crippen LogP contribution < -0.4 is 9.64 Å². The maximum absolute atomic E-state index is 12.5. The monoisotopic (exact) mass is 379 g/mol. The SMILES string of the molecule is COc1ccc2nc(N3CCN(S(=O)(=O)c4ccn[nH]4)CC3)sc2c1. The summed E-state index contributed by atoms with van der Waals surface area (Å²) in [5, 5.41) is 7.29. The number of sulfonamides is 1. The van der Waals surface area contributed by atoms with Crippen molar-refractivity contribution in [3.63, 3.8) is 0 Å². The molecule has 0 amide bonds. The first-order valence-electron chi connectivity index (χ1n) is 7.77. The van der Waals surface area contributed by atoms with Gasteiger partial charge in [-0.15, -0.1) is 0 Å². The molecule has 0 bridgehead atoms. The number of ether oxygens (including phenoxy) is 1. The van der Waals surface area contributed by atoms with Crippen molar-refractivity contribution in [2.75, 3.05) is 38.2 Å². The van der Waals surface area contributed by atoms with Crippen molar-refractivity contribution in [2.24, 2.45) is 0 Å². The molecule has 1 fully saturated rings. The molecule has 2 aromatic heterocycles. The van der Waals surface area contributed by atoms with Crippen molar-refractivity contribution in [1.82, 2.24) is 19.5 Å². The standard InChI is InChI=1S/C15H17N5O3S2/c1-23-11-2-3-12-13(10-11)24-15(17-12)19-6-8-20(9-7-19)25(21,22)14-4-5-16-18-14/h2-5,10H,6-9H2,1H3,(H,16,18). The molecule has 10 heteroatoms. The molecule has 8 nitrogen and oxygen atoms in total. The summed E-state index contributed by atoms with van der Waals surface area (Å²) in [7, 11) is -1.86. The average molecular weight is 379 g/mol. The molecule has 0 aliphatic carbocycles. The first-order valence-corrected chi connectivity index (χ1v) is 10.0. The Balaban J connectivity index is 1.50. The van der Waals surface area contributed by atoms with E-state index >= 15 is 0 Å². The zero-order valence-corrected chi connectivity index (χ0v) is 15.2. The van der Waals surface area contributed by atoms with Gasteiger partial charge in [0.05, 0.1) is 23.5 Å². The molecule has 3 heterocycles. The van der Waals surface area contributed by atoms with E-state index in [-0.39, 0.29) is 5.03 Å². The summed E-state index contributed by atoms with van der Waals surface area (Å²) in [5.41, 5.74) is 0.924. The minimum Gasteiger partial charge on any atom is -0.497 e. The van der Waals surface area contributed by atoms with Crippen LogP contribution in [0.25, 0.3) is 10.2 Å². The summed E-state index contributed by atoms with van der Waals surface area (Å²) < 4.78 is 32.8. The van der Waals surface area contributed by atoms with Crippen LogP contribution in [0.2, 0.25) is 0 Å². The van der Waals surface area contributed by atoms with Crippen molar-refractivity contribution in [3.8, 4) is 5.75 Å². The van der Waals surface area contributed by atoms with E-state index in [9.17, 15) is 8.42 Å². The van der Waals surface area contributed by atoms with Gasteiger partial charge in [-0.1, -0.05) is 11.3 Å². The molecule has 3 aromatic rings. The Kier molecular flexibility index (Phi) is 4.10. The van der Waals surface area contributed by atoms with Crippen LogP contribution in [0.15, 0.2) is 35.5 Å². The number of piperazine rings is 1. The van der Waals surface area contributed by atoms with E-state index in [1.54, 1.807) is 18.4 Å². The zero-order valence-electron chi connectivity index (χ0n) is 13.5. The molecule has 0 saturated carbocycles. The van der Waals surface area contributed by atoms with E-state index in [0.717, 1.165) is 21.1 Å². The van der Waals surface area contributed by atoms with Gasteiger partial charge >= 0.3 is 0 Å². The Morgan fingerprint density at radius 1 is 1.20 bits per heavy atom. The molecule has 0 spiro atoms. The van der Waals surface area contributed by atoms with Gasteiger partial charge < -0.3 is 9.64 Å². The van der Waals surface area contributed by atoms with Gasteiger partial charge in [-0.05, 0) is 24.3 Å². The first-order chi connectivity index (χ1) is 12.1. The van der Waals surface area contributed by atoms with E-state index in [0.29, 0.717) is 26.2 Å². The second-order valence-electron chi connectivity index (χ2n) is 5.64. The summed E-state index contributed by atoms with van der Waals surface area (Å²) in [6.45, 7) is 2.04. The van der Waals surface area contributed by atoms with E-state index < -0.39 is 10.0 Å². The van der Waals surface area contributed by atoms with Gasteiger partial charge in [0.1, 0.15) is 5.75 Å². The minimum atomic E-state index is -3.50. The predicted octanol–water partition coefficient (Wildman–Crippen LogP) is 1.54. The van der Waals surface area contributed by atoms with E-state index in [4.69, 9.17) is 4.74 Å². The number of benzene rings is 1. The highest BCUT2D eigenvalue weighted by atomic mass is 32.2. The van der Waals surface area contributed by atoms with E-state index in [1.165, 1.54) is 16.6 Å². The largest absolute Gasteiger partial charge is 0.497 e. The summed E-state index contributed by atoms with van der Waals surface area (Å²) in [4.78, 5) is 6.77. The number of fused-ring (bicyclic) bond motifs is 1. The zero-order chi connectivity index (χ0) is 17.4. The van der Waals surface area contributed by atoms with Crippen LogP contribution in [0, 0.1) is 0 Å². The van der Waals surface area contributed by atoms with Gasteiger partial charge in [0.15, 0.2) is 10.2 Å². The van der Waals surface area contributed by atoms with Crippen molar-refractivity contribution in [2.45, 2.75) is 5.03 Å². The molecular weight excluding hydrogens is 362 g/mol. The van der Waals surface area contributed by atoms with Crippen LogP contribution in [-0.2, 0) is 10.0 Å². The Labute approximate surface area is 149 Å². The highest BCUT2D eigenvalue weighted by Crippen LogP contribution is 2.32. The van der Waals surface area contributed by atoms with Gasteiger partial charge in [0.25, 0.3) is 10.0 Å². The van der Waals surface area contributed by atoms with E-state index in [2.05, 4.69) is 20.1 Å². The van der Waals surface area contributed by atoms with Crippen LogP contribution in [0.5, 0.6) is 5.75 Å². The quantitative estimate of drug-likeness (QED) is 0.739. The van der Waals surface area contributed by atoms with Crippen molar-refractivity contribution in [3.05, 3.63) is 30.5 Å². The number of methoxy groups -OCH3 is 1. The molecule has 1 saturated heterocycles. The maximum atomic E-state index is 12.5. The number of anilines is 1. The van der Waals surface area contributed by atoms with Gasteiger partial charge in [-0.2, -0.15) is 9.40 Å². The summed E-state index contributed by atoms with van der Waals surface area (Å²) >= 11 is 1.59. The lowest BCUT2D eigenvalue weighted by Gasteiger charge is -2.33. The van der Waals surface area contributed by atoms with Crippen LogP contribution in [0.3, 0.4) is 0 Å². The normalized spacial score (nSPS) is 16.4. The second kappa shape index (κ2) is 6.28. The number of hydrogen-bond acceptors (Lipinski definition) is 7. The smallest absolute Gasteiger partial charge is 0.260 e. The predicted molar refractivity (Wildman–Crippen MR) is 95.7 cm³/mol. The summed E-state index contributed by atoms with van der Waals surface area (Å²) in [5.74, 6) is 0.804. The lowest BCUT2D eigenvalue weighted by molar-refractivity contribution is 0.383. The van der Waals surface area contributed by atoms with Gasteiger partial charge in [0.2, 0.25) is 0 Å². The third-order valence-electron chi connectivity index (χ3n) is 4.19. The Morgan fingerprint density at radius 2 is 2.00 bits per heavy atom. The number of aromatic amines is 1. The molecule has 1 aliphatic rings. The third kappa shape index (κ3) is 2.96. The fourth-order valence-electron chi connectivity index (χ4n) is 2.80. The number of nitrogens with one attached hydrogen (secondary N) is 1. The molecule has 0 radical (unpaired) electrons. The van der Waals surface area contributed by atoms with Crippen LogP contribution in [0.4, 0.5) is 5.13 Å². The highest BCUT2D eigenvalue weighted by molar-refractivity contribution is 7.89. The van der Waals surface area contributed by atoms with Gasteiger partial charge in [-0.25, -0.2) is 13.4 Å². The fourth-order valence-corrected chi connectivity index (χ4v) is 5.17. The van der Waals surface area contributed by atoms with Crippen molar-refractivity contribution >= 4 is 36.7 Å². The maximum Gasteiger partial charge on any atom is 0.260 e. The number of nitrogens with zero attached hydrogens (tertiary/aromatic N) is 4. The minimum absolute atomic E-state index is 0.132. The Morgan fingerprint density at radius 3 is 2.68 bits per heavy atom. The number of aromatic nitrogens is 3.